The van der Waals surface area contributed by atoms with Gasteiger partial charge in [0.25, 0.3) is 5.91 Å². The van der Waals surface area contributed by atoms with Gasteiger partial charge in [0.1, 0.15) is 18.1 Å². The van der Waals surface area contributed by atoms with E-state index in [0.717, 1.165) is 44.1 Å². The van der Waals surface area contributed by atoms with Crippen molar-refractivity contribution in [2.75, 3.05) is 19.7 Å². The van der Waals surface area contributed by atoms with Crippen LogP contribution in [0.4, 0.5) is 4.39 Å². The van der Waals surface area contributed by atoms with Crippen LogP contribution in [0.15, 0.2) is 121 Å². The highest BCUT2D eigenvalue weighted by molar-refractivity contribution is 6.07. The third kappa shape index (κ3) is 7.10. The van der Waals surface area contributed by atoms with E-state index in [4.69, 9.17) is 4.74 Å². The number of benzene rings is 5. The Labute approximate surface area is 268 Å². The van der Waals surface area contributed by atoms with Crippen LogP contribution in [0.2, 0.25) is 0 Å². The van der Waals surface area contributed by atoms with E-state index in [2.05, 4.69) is 11.1 Å². The van der Waals surface area contributed by atoms with Crippen LogP contribution in [-0.2, 0) is 24.3 Å². The van der Waals surface area contributed by atoms with Crippen LogP contribution in [0.1, 0.15) is 34.0 Å². The van der Waals surface area contributed by atoms with Crippen molar-refractivity contribution >= 4 is 33.5 Å². The summed E-state index contributed by atoms with van der Waals surface area (Å²) in [6.07, 6.45) is 2.64. The van der Waals surface area contributed by atoms with E-state index >= 15 is 0 Å². The molecule has 0 radical (unpaired) electrons. The van der Waals surface area contributed by atoms with Crippen molar-refractivity contribution in [3.8, 4) is 5.75 Å². The lowest BCUT2D eigenvalue weighted by atomic mass is 10.0. The van der Waals surface area contributed by atoms with E-state index in [0.29, 0.717) is 31.7 Å². The van der Waals surface area contributed by atoms with Gasteiger partial charge in [-0.2, -0.15) is 0 Å². The van der Waals surface area contributed by atoms with Gasteiger partial charge in [-0.15, -0.1) is 0 Å². The van der Waals surface area contributed by atoms with Gasteiger partial charge in [-0.1, -0.05) is 78.9 Å². The summed E-state index contributed by atoms with van der Waals surface area (Å²) in [5.74, 6) is -0.0174. The van der Waals surface area contributed by atoms with Crippen LogP contribution in [0.25, 0.3) is 21.7 Å². The summed E-state index contributed by atoms with van der Waals surface area (Å²) in [4.78, 5) is 35.1. The number of aromatic amines is 1. The number of ether oxygens (including phenoxy) is 1. The Morgan fingerprint density at radius 3 is 2.15 bits per heavy atom. The Balaban J connectivity index is 1.29. The lowest BCUT2D eigenvalue weighted by Crippen LogP contribution is -2.43. The highest BCUT2D eigenvalue weighted by Gasteiger charge is 2.24. The molecule has 6 rings (SSSR count). The number of rotatable bonds is 12. The minimum absolute atomic E-state index is 0.135. The molecule has 46 heavy (non-hydrogen) atoms. The summed E-state index contributed by atoms with van der Waals surface area (Å²) in [6.45, 7) is 3.37. The topological polar surface area (TPSA) is 65.6 Å². The van der Waals surface area contributed by atoms with Crippen molar-refractivity contribution in [3.05, 3.63) is 150 Å². The molecule has 0 saturated carbocycles. The molecule has 5 aromatic carbocycles. The maximum atomic E-state index is 14.2. The molecular formula is C39H36FN3O3. The maximum Gasteiger partial charge on any atom is 0.255 e. The SMILES string of the molecule is CCOc1ccc(CN(CCc2c[nH]c3ccccc23)C(=O)CN(Cc2ccc(F)cc2)C(=O)c2cccc3ccccc23)cc1. The fourth-order valence-electron chi connectivity index (χ4n) is 5.82. The number of carbonyl (C=O) groups excluding carboxylic acids is 2. The monoisotopic (exact) mass is 613 g/mol. The summed E-state index contributed by atoms with van der Waals surface area (Å²) < 4.78 is 19.4. The van der Waals surface area contributed by atoms with Gasteiger partial charge in [0, 0.05) is 42.3 Å². The van der Waals surface area contributed by atoms with E-state index in [1.165, 1.54) is 12.1 Å². The highest BCUT2D eigenvalue weighted by atomic mass is 19.1. The number of para-hydroxylation sites is 1. The van der Waals surface area contributed by atoms with Crippen LogP contribution in [-0.4, -0.2) is 46.3 Å². The predicted molar refractivity (Wildman–Crippen MR) is 180 cm³/mol. The minimum Gasteiger partial charge on any atom is -0.494 e. The zero-order valence-corrected chi connectivity index (χ0v) is 25.8. The number of fused-ring (bicyclic) bond motifs is 2. The van der Waals surface area contributed by atoms with Crippen molar-refractivity contribution in [1.82, 2.24) is 14.8 Å². The molecule has 0 spiro atoms. The van der Waals surface area contributed by atoms with E-state index in [-0.39, 0.29) is 30.7 Å². The summed E-state index contributed by atoms with van der Waals surface area (Å²) >= 11 is 0. The zero-order chi connectivity index (χ0) is 31.9. The fraction of sp³-hybridized carbons (Fsp3) is 0.179. The molecule has 0 fully saturated rings. The number of nitrogens with one attached hydrogen (secondary N) is 1. The van der Waals surface area contributed by atoms with Gasteiger partial charge in [-0.25, -0.2) is 4.39 Å². The number of H-pyrrole nitrogens is 1. The van der Waals surface area contributed by atoms with Crippen LogP contribution in [0.3, 0.4) is 0 Å². The molecule has 6 nitrogen and oxygen atoms in total. The van der Waals surface area contributed by atoms with Crippen LogP contribution in [0.5, 0.6) is 5.75 Å². The summed E-state index contributed by atoms with van der Waals surface area (Å²) in [5, 5.41) is 2.88. The molecule has 232 valence electrons. The minimum atomic E-state index is -0.356. The molecule has 0 bridgehead atoms. The fourth-order valence-corrected chi connectivity index (χ4v) is 5.82. The molecular weight excluding hydrogens is 577 g/mol. The Bertz CT molecular complexity index is 1940. The molecule has 0 unspecified atom stereocenters. The quantitative estimate of drug-likeness (QED) is 0.153. The third-order valence-corrected chi connectivity index (χ3v) is 8.21. The predicted octanol–water partition coefficient (Wildman–Crippen LogP) is 7.77. The number of amides is 2. The van der Waals surface area contributed by atoms with Gasteiger partial charge in [-0.05, 0) is 77.2 Å². The molecule has 0 aliphatic heterocycles. The smallest absolute Gasteiger partial charge is 0.255 e. The summed E-state index contributed by atoms with van der Waals surface area (Å²) in [5.41, 5.74) is 4.38. The first-order valence-electron chi connectivity index (χ1n) is 15.5. The van der Waals surface area contributed by atoms with Gasteiger partial charge in [0.2, 0.25) is 5.91 Å². The first-order valence-corrected chi connectivity index (χ1v) is 15.5. The molecule has 1 heterocycles. The Morgan fingerprint density at radius 2 is 1.39 bits per heavy atom. The normalized spacial score (nSPS) is 11.1. The molecule has 1 N–H and O–H groups in total. The molecule has 6 aromatic rings. The highest BCUT2D eigenvalue weighted by Crippen LogP contribution is 2.23. The number of aromatic nitrogens is 1. The zero-order valence-electron chi connectivity index (χ0n) is 25.8. The molecule has 1 aromatic heterocycles. The van der Waals surface area contributed by atoms with Crippen LogP contribution < -0.4 is 4.74 Å². The molecule has 0 atom stereocenters. The Hall–Kier alpha value is -5.43. The van der Waals surface area contributed by atoms with Crippen LogP contribution >= 0.6 is 0 Å². The van der Waals surface area contributed by atoms with Crippen molar-refractivity contribution in [2.45, 2.75) is 26.4 Å². The van der Waals surface area contributed by atoms with Gasteiger partial charge in [0.05, 0.1) is 6.61 Å². The average molecular weight is 614 g/mol. The average Bonchev–Trinajstić information content (AvgIpc) is 3.50. The van der Waals surface area contributed by atoms with Crippen molar-refractivity contribution in [2.24, 2.45) is 0 Å². The second-order valence-corrected chi connectivity index (χ2v) is 11.3. The summed E-state index contributed by atoms with van der Waals surface area (Å²) in [7, 11) is 0. The number of carbonyl (C=O) groups is 2. The van der Waals surface area contributed by atoms with E-state index in [1.807, 2.05) is 96.9 Å². The standard InChI is InChI=1S/C39H36FN3O3/c1-2-46-33-20-16-29(17-21-33)25-42(23-22-31-24-41-37-13-6-5-11-35(31)37)38(44)27-43(26-28-14-18-32(40)19-15-28)39(45)36-12-7-9-30-8-3-4-10-34(30)36/h3-21,24,41H,2,22-23,25-27H2,1H3. The van der Waals surface area contributed by atoms with Gasteiger partial charge in [0.15, 0.2) is 0 Å². The largest absolute Gasteiger partial charge is 0.494 e. The van der Waals surface area contributed by atoms with Gasteiger partial charge >= 0.3 is 0 Å². The van der Waals surface area contributed by atoms with Crippen molar-refractivity contribution in [1.29, 1.82) is 0 Å². The van der Waals surface area contributed by atoms with E-state index in [9.17, 15) is 14.0 Å². The van der Waals surface area contributed by atoms with Gasteiger partial charge in [-0.3, -0.25) is 9.59 Å². The van der Waals surface area contributed by atoms with Crippen molar-refractivity contribution < 1.29 is 18.7 Å². The first-order chi connectivity index (χ1) is 22.5. The lowest BCUT2D eigenvalue weighted by molar-refractivity contribution is -0.132. The maximum absolute atomic E-state index is 14.2. The van der Waals surface area contributed by atoms with Gasteiger partial charge < -0.3 is 19.5 Å². The van der Waals surface area contributed by atoms with Crippen molar-refractivity contribution in [3.63, 3.8) is 0 Å². The van der Waals surface area contributed by atoms with E-state index < -0.39 is 0 Å². The molecule has 0 aliphatic rings. The van der Waals surface area contributed by atoms with E-state index in [1.54, 1.807) is 23.1 Å². The molecule has 0 aliphatic carbocycles. The third-order valence-electron chi connectivity index (χ3n) is 8.21. The molecule has 7 heteroatoms. The number of hydrogen-bond acceptors (Lipinski definition) is 3. The number of halogens is 1. The number of hydrogen-bond donors (Lipinski definition) is 1. The molecule has 2 amide bonds. The van der Waals surface area contributed by atoms with Crippen LogP contribution in [0, 0.1) is 5.82 Å². The lowest BCUT2D eigenvalue weighted by Gasteiger charge is -2.28. The number of nitrogens with zero attached hydrogens (tertiary/aromatic N) is 2. The second-order valence-electron chi connectivity index (χ2n) is 11.3. The Morgan fingerprint density at radius 1 is 0.739 bits per heavy atom. The second kappa shape index (κ2) is 14.1. The summed E-state index contributed by atoms with van der Waals surface area (Å²) in [6, 6.07) is 35.2. The molecule has 0 saturated heterocycles. The Kier molecular flexibility index (Phi) is 9.39. The first kappa shape index (κ1) is 30.6.